The SMILES string of the molecule is CC(=NNC(=N)N)c1sc(NN=Cc2cccc(F)c2F)nc1C. The van der Waals surface area contributed by atoms with Crippen molar-refractivity contribution in [1.82, 2.24) is 10.4 Å². The summed E-state index contributed by atoms with van der Waals surface area (Å²) in [6.07, 6.45) is 1.17. The van der Waals surface area contributed by atoms with Gasteiger partial charge in [0, 0.05) is 5.56 Å². The molecule has 0 spiro atoms. The van der Waals surface area contributed by atoms with Gasteiger partial charge in [-0.1, -0.05) is 23.5 Å². The second kappa shape index (κ2) is 7.59. The number of aryl methyl sites for hydroxylation is 1. The maximum absolute atomic E-state index is 13.5. The Hall–Kier alpha value is -2.88. The molecule has 7 nitrogen and oxygen atoms in total. The molecule has 10 heteroatoms. The number of nitrogens with one attached hydrogen (secondary N) is 3. The molecular formula is C14H15F2N7S. The monoisotopic (exact) mass is 351 g/mol. The average molecular weight is 351 g/mol. The Labute approximate surface area is 140 Å². The lowest BCUT2D eigenvalue weighted by atomic mass is 10.2. The first-order valence-corrected chi connectivity index (χ1v) is 7.55. The Balaban J connectivity index is 2.10. The minimum atomic E-state index is -0.961. The molecule has 1 aromatic carbocycles. The molecule has 0 aliphatic heterocycles. The van der Waals surface area contributed by atoms with Gasteiger partial charge in [-0.15, -0.1) is 0 Å². The number of guanidine groups is 1. The molecule has 1 aromatic heterocycles. The summed E-state index contributed by atoms with van der Waals surface area (Å²) in [6, 6.07) is 3.84. The molecule has 1 heterocycles. The Bertz CT molecular complexity index is 813. The van der Waals surface area contributed by atoms with Gasteiger partial charge in [0.05, 0.1) is 22.5 Å². The third-order valence-corrected chi connectivity index (χ3v) is 3.99. The van der Waals surface area contributed by atoms with Crippen molar-refractivity contribution in [2.45, 2.75) is 13.8 Å². The number of thiazole rings is 1. The highest BCUT2D eigenvalue weighted by Gasteiger charge is 2.10. The fraction of sp³-hybridized carbons (Fsp3) is 0.143. The molecule has 24 heavy (non-hydrogen) atoms. The summed E-state index contributed by atoms with van der Waals surface area (Å²) in [5.74, 6) is -2.16. The molecule has 0 unspecified atom stereocenters. The summed E-state index contributed by atoms with van der Waals surface area (Å²) in [6.45, 7) is 3.53. The van der Waals surface area contributed by atoms with E-state index in [4.69, 9.17) is 11.1 Å². The van der Waals surface area contributed by atoms with Crippen molar-refractivity contribution in [2.75, 3.05) is 5.43 Å². The summed E-state index contributed by atoms with van der Waals surface area (Å²) < 4.78 is 26.6. The molecule has 0 aliphatic carbocycles. The van der Waals surface area contributed by atoms with Gasteiger partial charge in [0.15, 0.2) is 11.6 Å². The first-order chi connectivity index (χ1) is 11.4. The van der Waals surface area contributed by atoms with Crippen LogP contribution in [0.2, 0.25) is 0 Å². The highest BCUT2D eigenvalue weighted by molar-refractivity contribution is 7.17. The van der Waals surface area contributed by atoms with Crippen molar-refractivity contribution in [2.24, 2.45) is 15.9 Å². The minimum Gasteiger partial charge on any atom is -0.369 e. The molecule has 2 rings (SSSR count). The van der Waals surface area contributed by atoms with E-state index in [2.05, 4.69) is 26.0 Å². The van der Waals surface area contributed by atoms with Crippen LogP contribution in [0.1, 0.15) is 23.1 Å². The number of hydrogen-bond donors (Lipinski definition) is 4. The van der Waals surface area contributed by atoms with Crippen LogP contribution in [0.15, 0.2) is 28.4 Å². The predicted molar refractivity (Wildman–Crippen MR) is 91.7 cm³/mol. The Morgan fingerprint density at radius 2 is 2.17 bits per heavy atom. The number of hydrazone groups is 2. The minimum absolute atomic E-state index is 0.0272. The third-order valence-electron chi connectivity index (χ3n) is 2.81. The van der Waals surface area contributed by atoms with E-state index in [9.17, 15) is 8.78 Å². The van der Waals surface area contributed by atoms with Gasteiger partial charge < -0.3 is 5.73 Å². The molecule has 0 atom stereocenters. The lowest BCUT2D eigenvalue weighted by Gasteiger charge is -1.99. The second-order valence-electron chi connectivity index (χ2n) is 4.67. The Morgan fingerprint density at radius 1 is 1.42 bits per heavy atom. The average Bonchev–Trinajstić information content (AvgIpc) is 2.90. The van der Waals surface area contributed by atoms with E-state index in [1.54, 1.807) is 13.8 Å². The largest absolute Gasteiger partial charge is 0.369 e. The summed E-state index contributed by atoms with van der Waals surface area (Å²) in [5, 5.41) is 15.3. The number of halogens is 2. The fourth-order valence-electron chi connectivity index (χ4n) is 1.75. The second-order valence-corrected chi connectivity index (χ2v) is 5.67. The van der Waals surface area contributed by atoms with E-state index >= 15 is 0 Å². The van der Waals surface area contributed by atoms with Gasteiger partial charge in [-0.25, -0.2) is 19.2 Å². The van der Waals surface area contributed by atoms with E-state index in [0.29, 0.717) is 16.5 Å². The van der Waals surface area contributed by atoms with Crippen LogP contribution >= 0.6 is 11.3 Å². The van der Waals surface area contributed by atoms with Gasteiger partial charge >= 0.3 is 0 Å². The lowest BCUT2D eigenvalue weighted by Crippen LogP contribution is -2.26. The summed E-state index contributed by atoms with van der Waals surface area (Å²) in [4.78, 5) is 5.04. The molecule has 0 aliphatic rings. The van der Waals surface area contributed by atoms with E-state index in [1.165, 1.54) is 29.7 Å². The summed E-state index contributed by atoms with van der Waals surface area (Å²) in [5.41, 5.74) is 11.5. The number of nitrogens with two attached hydrogens (primary N) is 1. The van der Waals surface area contributed by atoms with Crippen LogP contribution in [0.5, 0.6) is 0 Å². The van der Waals surface area contributed by atoms with Crippen LogP contribution in [0.3, 0.4) is 0 Å². The molecule has 0 bridgehead atoms. The van der Waals surface area contributed by atoms with Crippen LogP contribution in [0.4, 0.5) is 13.9 Å². The maximum atomic E-state index is 13.5. The van der Waals surface area contributed by atoms with E-state index in [0.717, 1.165) is 10.9 Å². The highest BCUT2D eigenvalue weighted by Crippen LogP contribution is 2.23. The van der Waals surface area contributed by atoms with E-state index in [-0.39, 0.29) is 11.5 Å². The Morgan fingerprint density at radius 3 is 2.88 bits per heavy atom. The molecule has 0 radical (unpaired) electrons. The van der Waals surface area contributed by atoms with Gasteiger partial charge in [0.2, 0.25) is 11.1 Å². The van der Waals surface area contributed by atoms with Crippen LogP contribution in [-0.2, 0) is 0 Å². The zero-order valence-electron chi connectivity index (χ0n) is 12.9. The van der Waals surface area contributed by atoms with Gasteiger partial charge in [0.1, 0.15) is 0 Å². The van der Waals surface area contributed by atoms with Crippen molar-refractivity contribution in [3.8, 4) is 0 Å². The predicted octanol–water partition coefficient (Wildman–Crippen LogP) is 2.38. The number of rotatable bonds is 5. The Kier molecular flexibility index (Phi) is 5.53. The summed E-state index contributed by atoms with van der Waals surface area (Å²) >= 11 is 1.28. The molecule has 5 N–H and O–H groups in total. The zero-order valence-corrected chi connectivity index (χ0v) is 13.7. The first-order valence-electron chi connectivity index (χ1n) is 6.73. The topological polar surface area (TPSA) is 112 Å². The molecular weight excluding hydrogens is 336 g/mol. The van der Waals surface area contributed by atoms with Crippen LogP contribution in [0.25, 0.3) is 0 Å². The number of aromatic nitrogens is 1. The van der Waals surface area contributed by atoms with Crippen LogP contribution < -0.4 is 16.6 Å². The van der Waals surface area contributed by atoms with Crippen molar-refractivity contribution >= 4 is 34.4 Å². The van der Waals surface area contributed by atoms with Gasteiger partial charge in [-0.2, -0.15) is 10.2 Å². The van der Waals surface area contributed by atoms with E-state index < -0.39 is 11.6 Å². The lowest BCUT2D eigenvalue weighted by molar-refractivity contribution is 0.507. The maximum Gasteiger partial charge on any atom is 0.206 e. The normalized spacial score (nSPS) is 11.8. The standard InChI is InChI=1S/C14H15F2N7S/c1-7-12(8(2)21-22-13(17)18)24-14(20-7)23-19-6-9-4-3-5-10(15)11(9)16/h3-6H,1-2H3,(H,20,23)(H4,17,18,22). The van der Waals surface area contributed by atoms with Gasteiger partial charge in [-0.3, -0.25) is 10.8 Å². The van der Waals surface area contributed by atoms with Crippen LogP contribution in [0, 0.1) is 24.0 Å². The van der Waals surface area contributed by atoms with E-state index in [1.807, 2.05) is 0 Å². The van der Waals surface area contributed by atoms with Crippen molar-refractivity contribution in [3.63, 3.8) is 0 Å². The number of benzene rings is 1. The molecule has 126 valence electrons. The quantitative estimate of drug-likeness (QED) is 0.376. The van der Waals surface area contributed by atoms with Crippen molar-refractivity contribution in [1.29, 1.82) is 5.41 Å². The summed E-state index contributed by atoms with van der Waals surface area (Å²) in [7, 11) is 0. The third kappa shape index (κ3) is 4.32. The molecule has 0 fully saturated rings. The van der Waals surface area contributed by atoms with Gasteiger partial charge in [-0.05, 0) is 19.9 Å². The molecule has 0 amide bonds. The van der Waals surface area contributed by atoms with Gasteiger partial charge in [0.25, 0.3) is 0 Å². The highest BCUT2D eigenvalue weighted by atomic mass is 32.1. The fourth-order valence-corrected chi connectivity index (χ4v) is 2.61. The number of anilines is 1. The number of hydrogen-bond acceptors (Lipinski definition) is 6. The molecule has 2 aromatic rings. The van der Waals surface area contributed by atoms with Crippen LogP contribution in [-0.4, -0.2) is 22.9 Å². The smallest absolute Gasteiger partial charge is 0.206 e. The first kappa shape index (κ1) is 17.5. The van der Waals surface area contributed by atoms with Crippen molar-refractivity contribution in [3.05, 3.63) is 46.0 Å². The zero-order chi connectivity index (χ0) is 17.7. The molecule has 0 saturated carbocycles. The van der Waals surface area contributed by atoms with Crippen molar-refractivity contribution < 1.29 is 8.78 Å². The molecule has 0 saturated heterocycles. The number of nitrogens with zero attached hydrogens (tertiary/aromatic N) is 3.